The quantitative estimate of drug-likeness (QED) is 0.410. The summed E-state index contributed by atoms with van der Waals surface area (Å²) in [4.78, 5) is -0.00508. The second-order valence-electron chi connectivity index (χ2n) is 6.07. The number of halogens is 3. The van der Waals surface area contributed by atoms with E-state index in [9.17, 15) is 21.6 Å². The monoisotopic (exact) mass is 426 g/mol. The van der Waals surface area contributed by atoms with Crippen molar-refractivity contribution in [2.45, 2.75) is 38.1 Å². The van der Waals surface area contributed by atoms with Crippen LogP contribution in [0, 0.1) is 0 Å². The summed E-state index contributed by atoms with van der Waals surface area (Å²) in [5.74, 6) is -0.559. The van der Waals surface area contributed by atoms with Crippen LogP contribution in [0.25, 0.3) is 0 Å². The van der Waals surface area contributed by atoms with Gasteiger partial charge in [0.1, 0.15) is 0 Å². The van der Waals surface area contributed by atoms with Crippen molar-refractivity contribution in [3.05, 3.63) is 35.4 Å². The first-order valence-electron chi connectivity index (χ1n) is 8.56. The second kappa shape index (κ2) is 10.9. The number of ether oxygens (including phenoxy) is 1. The van der Waals surface area contributed by atoms with Gasteiger partial charge < -0.3 is 10.5 Å². The van der Waals surface area contributed by atoms with Gasteiger partial charge in [-0.1, -0.05) is 43.8 Å². The van der Waals surface area contributed by atoms with Crippen molar-refractivity contribution in [3.8, 4) is 0 Å². The zero-order chi connectivity index (χ0) is 20.5. The lowest BCUT2D eigenvalue weighted by molar-refractivity contribution is -0.137. The Morgan fingerprint density at radius 2 is 1.93 bits per heavy atom. The van der Waals surface area contributed by atoms with Crippen LogP contribution in [0.3, 0.4) is 0 Å². The van der Waals surface area contributed by atoms with Crippen molar-refractivity contribution in [2.24, 2.45) is 5.73 Å². The molecule has 0 radical (unpaired) electrons. The van der Waals surface area contributed by atoms with Crippen molar-refractivity contribution in [1.29, 1.82) is 0 Å². The Kier molecular flexibility index (Phi) is 9.65. The summed E-state index contributed by atoms with van der Waals surface area (Å²) >= 11 is 4.80. The van der Waals surface area contributed by atoms with E-state index in [0.717, 1.165) is 29.3 Å². The lowest BCUT2D eigenvalue weighted by Gasteiger charge is -2.22. The number of nitrogens with two attached hydrogens (primary N) is 1. The van der Waals surface area contributed by atoms with E-state index in [1.807, 2.05) is 6.92 Å². The van der Waals surface area contributed by atoms with Crippen LogP contribution in [0.1, 0.15) is 37.3 Å². The molecule has 0 heterocycles. The van der Waals surface area contributed by atoms with Crippen molar-refractivity contribution in [1.82, 2.24) is 4.31 Å². The number of hydrogen-bond donors (Lipinski definition) is 1. The molecule has 1 aromatic rings. The molecule has 0 aliphatic carbocycles. The predicted octanol–water partition coefficient (Wildman–Crippen LogP) is 3.33. The summed E-state index contributed by atoms with van der Waals surface area (Å²) in [5.41, 5.74) is 4.64. The Hall–Kier alpha value is -1.23. The molecule has 0 spiro atoms. The molecule has 1 rings (SSSR count). The molecule has 0 saturated heterocycles. The number of thiocarbonyl (C=S) groups is 1. The largest absolute Gasteiger partial charge is 0.416 e. The molecule has 0 fully saturated rings. The van der Waals surface area contributed by atoms with E-state index in [-0.39, 0.29) is 23.6 Å². The van der Waals surface area contributed by atoms with Crippen LogP contribution in [-0.4, -0.2) is 44.0 Å². The van der Waals surface area contributed by atoms with Crippen LogP contribution in [0.2, 0.25) is 0 Å². The number of hydrogen-bond acceptors (Lipinski definition) is 4. The number of benzene rings is 1. The average Bonchev–Trinajstić information content (AvgIpc) is 2.55. The number of unbranched alkanes of at least 4 members (excludes halogenated alkanes) is 1. The molecule has 10 heteroatoms. The first-order chi connectivity index (χ1) is 12.6. The first kappa shape index (κ1) is 23.8. The highest BCUT2D eigenvalue weighted by Crippen LogP contribution is 2.30. The fourth-order valence-electron chi connectivity index (χ4n) is 2.32. The molecule has 0 unspecified atom stereocenters. The Labute approximate surface area is 163 Å². The molecule has 27 heavy (non-hydrogen) atoms. The maximum atomic E-state index is 12.8. The second-order valence-corrected chi connectivity index (χ2v) is 8.57. The third-order valence-corrected chi connectivity index (χ3v) is 5.59. The van der Waals surface area contributed by atoms with E-state index >= 15 is 0 Å². The minimum Gasteiger partial charge on any atom is -0.392 e. The fraction of sp³-hybridized carbons (Fsp3) is 0.588. The molecular weight excluding hydrogens is 401 g/mol. The lowest BCUT2D eigenvalue weighted by Crippen LogP contribution is -2.39. The molecular formula is C17H25F3N2O3S2. The number of alkyl halides is 3. The van der Waals surface area contributed by atoms with Crippen molar-refractivity contribution in [2.75, 3.05) is 26.3 Å². The minimum absolute atomic E-state index is 0.00508. The minimum atomic E-state index is -4.53. The number of rotatable bonds is 12. The standard InChI is InChI=1S/C17H25F3N2O3S2/c1-2-3-9-25-10-5-8-22(12-16(21)26)27(23,24)13-14-6-4-7-15(11-14)17(18,19)20/h4,6-7,11H,2-3,5,8-10,12-13H2,1H3,(H2,21,26). The van der Waals surface area contributed by atoms with Gasteiger partial charge >= 0.3 is 6.18 Å². The van der Waals surface area contributed by atoms with E-state index in [2.05, 4.69) is 0 Å². The van der Waals surface area contributed by atoms with Gasteiger partial charge in [0, 0.05) is 19.8 Å². The Bertz CT molecular complexity index is 710. The molecule has 0 aliphatic heterocycles. The highest BCUT2D eigenvalue weighted by molar-refractivity contribution is 7.88. The Morgan fingerprint density at radius 1 is 1.26 bits per heavy atom. The van der Waals surface area contributed by atoms with Crippen LogP contribution in [-0.2, 0) is 26.7 Å². The fourth-order valence-corrected chi connectivity index (χ4v) is 4.09. The summed E-state index contributed by atoms with van der Waals surface area (Å²) in [7, 11) is -3.89. The lowest BCUT2D eigenvalue weighted by atomic mass is 10.1. The van der Waals surface area contributed by atoms with E-state index in [4.69, 9.17) is 22.7 Å². The summed E-state index contributed by atoms with van der Waals surface area (Å²) in [6.45, 7) is 2.99. The molecule has 0 bridgehead atoms. The maximum absolute atomic E-state index is 12.8. The molecule has 154 valence electrons. The topological polar surface area (TPSA) is 72.6 Å². The van der Waals surface area contributed by atoms with Crippen LogP contribution in [0.15, 0.2) is 24.3 Å². The summed E-state index contributed by atoms with van der Waals surface area (Å²) < 4.78 is 70.3. The van der Waals surface area contributed by atoms with Crippen molar-refractivity contribution < 1.29 is 26.3 Å². The number of sulfonamides is 1. The van der Waals surface area contributed by atoms with Gasteiger partial charge in [-0.2, -0.15) is 17.5 Å². The SMILES string of the molecule is CCCCOCCCN(CC(N)=S)S(=O)(=O)Cc1cccc(C(F)(F)F)c1. The molecule has 0 saturated carbocycles. The molecule has 0 atom stereocenters. The van der Waals surface area contributed by atoms with Crippen LogP contribution in [0.5, 0.6) is 0 Å². The van der Waals surface area contributed by atoms with Gasteiger partial charge in [0.05, 0.1) is 22.8 Å². The van der Waals surface area contributed by atoms with Crippen LogP contribution < -0.4 is 5.73 Å². The van der Waals surface area contributed by atoms with E-state index in [1.54, 1.807) is 0 Å². The summed E-state index contributed by atoms with van der Waals surface area (Å²) in [5, 5.41) is 0. The average molecular weight is 427 g/mol. The Balaban J connectivity index is 2.80. The molecule has 5 nitrogen and oxygen atoms in total. The van der Waals surface area contributed by atoms with Crippen molar-refractivity contribution >= 4 is 27.2 Å². The van der Waals surface area contributed by atoms with Gasteiger partial charge in [-0.15, -0.1) is 0 Å². The van der Waals surface area contributed by atoms with Gasteiger partial charge in [0.2, 0.25) is 10.0 Å². The Morgan fingerprint density at radius 3 is 2.52 bits per heavy atom. The number of nitrogens with zero attached hydrogens (tertiary/aromatic N) is 1. The highest BCUT2D eigenvalue weighted by Gasteiger charge is 2.31. The summed E-state index contributed by atoms with van der Waals surface area (Å²) in [6, 6.07) is 4.27. The maximum Gasteiger partial charge on any atom is 0.416 e. The van der Waals surface area contributed by atoms with Crippen LogP contribution >= 0.6 is 12.2 Å². The first-order valence-corrected chi connectivity index (χ1v) is 10.6. The molecule has 0 aliphatic rings. The third kappa shape index (κ3) is 9.00. The predicted molar refractivity (Wildman–Crippen MR) is 103 cm³/mol. The zero-order valence-corrected chi connectivity index (χ0v) is 16.8. The van der Waals surface area contributed by atoms with E-state index in [1.165, 1.54) is 12.1 Å². The van der Waals surface area contributed by atoms with Gasteiger partial charge in [0.15, 0.2) is 0 Å². The van der Waals surface area contributed by atoms with Crippen molar-refractivity contribution in [3.63, 3.8) is 0 Å². The molecule has 0 aromatic heterocycles. The summed E-state index contributed by atoms with van der Waals surface area (Å²) in [6.07, 6.45) is -2.17. The van der Waals surface area contributed by atoms with Gasteiger partial charge in [-0.05, 0) is 24.5 Å². The van der Waals surface area contributed by atoms with Gasteiger partial charge in [-0.3, -0.25) is 0 Å². The molecule has 0 amide bonds. The third-order valence-electron chi connectivity index (χ3n) is 3.67. The van der Waals surface area contributed by atoms with Gasteiger partial charge in [0.25, 0.3) is 0 Å². The molecule has 2 N–H and O–H groups in total. The van der Waals surface area contributed by atoms with E-state index < -0.39 is 27.5 Å². The normalized spacial score (nSPS) is 12.5. The zero-order valence-electron chi connectivity index (χ0n) is 15.2. The van der Waals surface area contributed by atoms with Gasteiger partial charge in [-0.25, -0.2) is 8.42 Å². The molecule has 1 aromatic carbocycles. The van der Waals surface area contributed by atoms with Crippen LogP contribution in [0.4, 0.5) is 13.2 Å². The smallest absolute Gasteiger partial charge is 0.392 e. The highest BCUT2D eigenvalue weighted by atomic mass is 32.2. The van der Waals surface area contributed by atoms with E-state index in [0.29, 0.717) is 19.6 Å².